The van der Waals surface area contributed by atoms with Gasteiger partial charge in [0.25, 0.3) is 0 Å². The molecule has 1 aliphatic carbocycles. The summed E-state index contributed by atoms with van der Waals surface area (Å²) in [6.45, 7) is 3.60. The molecule has 1 aromatic carbocycles. The van der Waals surface area contributed by atoms with Crippen molar-refractivity contribution in [1.82, 2.24) is 0 Å². The second kappa shape index (κ2) is 7.58. The third-order valence-electron chi connectivity index (χ3n) is 4.29. The van der Waals surface area contributed by atoms with Crippen LogP contribution in [0.4, 0.5) is 0 Å². The molecule has 1 aromatic rings. The Hall–Kier alpha value is -1.16. The number of hydrogen-bond acceptors (Lipinski definition) is 3. The van der Waals surface area contributed by atoms with E-state index in [0.29, 0.717) is 11.5 Å². The number of benzene rings is 1. The van der Waals surface area contributed by atoms with E-state index in [1.165, 1.54) is 44.1 Å². The summed E-state index contributed by atoms with van der Waals surface area (Å²) in [6, 6.07) is 8.29. The van der Waals surface area contributed by atoms with Crippen LogP contribution in [0.25, 0.3) is 5.57 Å². The van der Waals surface area contributed by atoms with Crippen molar-refractivity contribution < 1.29 is 15.3 Å². The molecule has 0 amide bonds. The maximum Gasteiger partial charge on any atom is 0.141 e. The molecule has 20 heavy (non-hydrogen) atoms. The Morgan fingerprint density at radius 3 is 2.25 bits per heavy atom. The summed E-state index contributed by atoms with van der Waals surface area (Å²) < 4.78 is 0. The zero-order valence-corrected chi connectivity index (χ0v) is 11.9. The standard InChI is InChI=1S/C17H24O3/c1-13(17(12-18)20-19)14-8-10-16(11-9-14)15-6-4-2-3-5-7-15/h8-11,15,17-19H,1-7,12H2. The molecule has 2 rings (SSSR count). The first-order valence-corrected chi connectivity index (χ1v) is 7.46. The molecular formula is C17H24O3. The van der Waals surface area contributed by atoms with Crippen LogP contribution >= 0.6 is 0 Å². The average Bonchev–Trinajstić information content (AvgIpc) is 2.77. The fourth-order valence-corrected chi connectivity index (χ4v) is 2.98. The van der Waals surface area contributed by atoms with E-state index in [2.05, 4.69) is 23.6 Å². The highest BCUT2D eigenvalue weighted by Gasteiger charge is 2.16. The van der Waals surface area contributed by atoms with Gasteiger partial charge in [0.1, 0.15) is 6.10 Å². The minimum Gasteiger partial charge on any atom is -0.393 e. The molecule has 1 unspecified atom stereocenters. The Bertz CT molecular complexity index is 412. The van der Waals surface area contributed by atoms with Gasteiger partial charge < -0.3 is 5.11 Å². The van der Waals surface area contributed by atoms with E-state index in [9.17, 15) is 0 Å². The Balaban J connectivity index is 2.07. The van der Waals surface area contributed by atoms with Gasteiger partial charge in [-0.1, -0.05) is 56.5 Å². The second-order valence-electron chi connectivity index (χ2n) is 5.61. The van der Waals surface area contributed by atoms with Crippen molar-refractivity contribution >= 4 is 5.57 Å². The molecule has 0 saturated heterocycles. The summed E-state index contributed by atoms with van der Waals surface area (Å²) in [5.41, 5.74) is 2.88. The van der Waals surface area contributed by atoms with E-state index in [1.807, 2.05) is 12.1 Å². The SMILES string of the molecule is C=C(c1ccc(C2CCCCCC2)cc1)C(CO)OO. The first kappa shape index (κ1) is 15.2. The predicted molar refractivity (Wildman–Crippen MR) is 80.5 cm³/mol. The van der Waals surface area contributed by atoms with Crippen molar-refractivity contribution in [2.45, 2.75) is 50.5 Å². The molecule has 0 aromatic heterocycles. The normalized spacial score (nSPS) is 18.5. The first-order valence-electron chi connectivity index (χ1n) is 7.46. The fraction of sp³-hybridized carbons (Fsp3) is 0.529. The summed E-state index contributed by atoms with van der Waals surface area (Å²) in [4.78, 5) is 4.23. The summed E-state index contributed by atoms with van der Waals surface area (Å²) in [7, 11) is 0. The molecule has 0 heterocycles. The Labute approximate surface area is 120 Å². The molecule has 1 saturated carbocycles. The van der Waals surface area contributed by atoms with Gasteiger partial charge in [-0.05, 0) is 35.5 Å². The maximum absolute atomic E-state index is 9.10. The van der Waals surface area contributed by atoms with Crippen LogP contribution in [0, 0.1) is 0 Å². The van der Waals surface area contributed by atoms with Crippen molar-refractivity contribution in [2.75, 3.05) is 6.61 Å². The van der Waals surface area contributed by atoms with Gasteiger partial charge in [0.2, 0.25) is 0 Å². The topological polar surface area (TPSA) is 49.7 Å². The van der Waals surface area contributed by atoms with Crippen LogP contribution in [0.1, 0.15) is 55.6 Å². The molecule has 1 fully saturated rings. The van der Waals surface area contributed by atoms with E-state index in [-0.39, 0.29) is 6.61 Å². The Morgan fingerprint density at radius 1 is 1.15 bits per heavy atom. The van der Waals surface area contributed by atoms with Crippen molar-refractivity contribution in [1.29, 1.82) is 0 Å². The van der Waals surface area contributed by atoms with Crippen molar-refractivity contribution in [3.05, 3.63) is 42.0 Å². The van der Waals surface area contributed by atoms with E-state index in [0.717, 1.165) is 5.56 Å². The van der Waals surface area contributed by atoms with Gasteiger partial charge in [-0.25, -0.2) is 4.89 Å². The highest BCUT2D eigenvalue weighted by molar-refractivity contribution is 5.67. The number of aliphatic hydroxyl groups excluding tert-OH is 1. The Kier molecular flexibility index (Phi) is 5.77. The van der Waals surface area contributed by atoms with Crippen molar-refractivity contribution in [3.63, 3.8) is 0 Å². The molecule has 0 spiro atoms. The zero-order valence-electron chi connectivity index (χ0n) is 11.9. The van der Waals surface area contributed by atoms with E-state index >= 15 is 0 Å². The van der Waals surface area contributed by atoms with Crippen LogP contribution in [0.15, 0.2) is 30.8 Å². The predicted octanol–water partition coefficient (Wildman–Crippen LogP) is 3.99. The molecule has 1 atom stereocenters. The number of aliphatic hydroxyl groups is 1. The van der Waals surface area contributed by atoms with Gasteiger partial charge in [0.15, 0.2) is 0 Å². The summed E-state index contributed by atoms with van der Waals surface area (Å²) >= 11 is 0. The molecule has 0 radical (unpaired) electrons. The minimum atomic E-state index is -0.751. The number of rotatable bonds is 5. The largest absolute Gasteiger partial charge is 0.393 e. The lowest BCUT2D eigenvalue weighted by molar-refractivity contribution is -0.268. The molecule has 3 nitrogen and oxygen atoms in total. The van der Waals surface area contributed by atoms with Crippen LogP contribution in [0.3, 0.4) is 0 Å². The molecule has 110 valence electrons. The summed E-state index contributed by atoms with van der Waals surface area (Å²) in [5.74, 6) is 0.669. The highest BCUT2D eigenvalue weighted by atomic mass is 17.1. The van der Waals surface area contributed by atoms with Crippen LogP contribution < -0.4 is 0 Å². The zero-order chi connectivity index (χ0) is 14.4. The average molecular weight is 276 g/mol. The van der Waals surface area contributed by atoms with E-state index in [1.54, 1.807) is 0 Å². The third-order valence-corrected chi connectivity index (χ3v) is 4.29. The number of hydrogen-bond donors (Lipinski definition) is 2. The van der Waals surface area contributed by atoms with E-state index in [4.69, 9.17) is 10.4 Å². The molecule has 0 aliphatic heterocycles. The summed E-state index contributed by atoms with van der Waals surface area (Å²) in [5, 5.41) is 17.8. The molecular weight excluding hydrogens is 252 g/mol. The van der Waals surface area contributed by atoms with Crippen LogP contribution in [0.2, 0.25) is 0 Å². The highest BCUT2D eigenvalue weighted by Crippen LogP contribution is 2.32. The van der Waals surface area contributed by atoms with Gasteiger partial charge in [0, 0.05) is 0 Å². The molecule has 0 bridgehead atoms. The molecule has 1 aliphatic rings. The van der Waals surface area contributed by atoms with Gasteiger partial charge >= 0.3 is 0 Å². The van der Waals surface area contributed by atoms with Gasteiger partial charge in [-0.2, -0.15) is 0 Å². The fourth-order valence-electron chi connectivity index (χ4n) is 2.98. The quantitative estimate of drug-likeness (QED) is 0.486. The van der Waals surface area contributed by atoms with Crippen molar-refractivity contribution in [2.24, 2.45) is 0 Å². The van der Waals surface area contributed by atoms with Gasteiger partial charge in [-0.15, -0.1) is 0 Å². The monoisotopic (exact) mass is 276 g/mol. The van der Waals surface area contributed by atoms with E-state index < -0.39 is 6.10 Å². The van der Waals surface area contributed by atoms with Crippen LogP contribution in [0.5, 0.6) is 0 Å². The first-order chi connectivity index (χ1) is 9.76. The lowest BCUT2D eigenvalue weighted by Gasteiger charge is -2.17. The van der Waals surface area contributed by atoms with Gasteiger partial charge in [0.05, 0.1) is 6.61 Å². The van der Waals surface area contributed by atoms with Crippen LogP contribution in [-0.4, -0.2) is 23.1 Å². The Morgan fingerprint density at radius 2 is 1.75 bits per heavy atom. The summed E-state index contributed by atoms with van der Waals surface area (Å²) in [6.07, 6.45) is 7.17. The van der Waals surface area contributed by atoms with Gasteiger partial charge in [-0.3, -0.25) is 5.26 Å². The lowest BCUT2D eigenvalue weighted by Crippen LogP contribution is -2.17. The van der Waals surface area contributed by atoms with Crippen molar-refractivity contribution in [3.8, 4) is 0 Å². The third kappa shape index (κ3) is 3.69. The molecule has 3 heteroatoms. The maximum atomic E-state index is 9.10. The second-order valence-corrected chi connectivity index (χ2v) is 5.61. The lowest BCUT2D eigenvalue weighted by atomic mass is 9.90. The minimum absolute atomic E-state index is 0.278. The molecule has 2 N–H and O–H groups in total. The van der Waals surface area contributed by atoms with Crippen LogP contribution in [-0.2, 0) is 4.89 Å². The smallest absolute Gasteiger partial charge is 0.141 e.